The van der Waals surface area contributed by atoms with Gasteiger partial charge in [0.1, 0.15) is 23.1 Å². The van der Waals surface area contributed by atoms with Crippen LogP contribution >= 0.6 is 0 Å². The van der Waals surface area contributed by atoms with Gasteiger partial charge < -0.3 is 0 Å². The fraction of sp³-hybridized carbons (Fsp3) is 0.500. The van der Waals surface area contributed by atoms with Gasteiger partial charge in [-0.05, 0) is 33.3 Å². The number of carbonyl (C=O) groups is 4. The van der Waals surface area contributed by atoms with Crippen LogP contribution in [0, 0.1) is 11.8 Å². The van der Waals surface area contributed by atoms with Gasteiger partial charge in [-0.3, -0.25) is 19.2 Å². The summed E-state index contributed by atoms with van der Waals surface area (Å²) >= 11 is 0. The van der Waals surface area contributed by atoms with E-state index in [4.69, 9.17) is 0 Å². The first-order valence-corrected chi connectivity index (χ1v) is 4.90. The van der Waals surface area contributed by atoms with Crippen molar-refractivity contribution >= 4 is 23.1 Å². The smallest absolute Gasteiger partial charge is 0.144 e. The molecule has 0 aromatic carbocycles. The maximum Gasteiger partial charge on any atom is 0.144 e. The predicted octanol–water partition coefficient (Wildman–Crippen LogP) is 1.13. The van der Waals surface area contributed by atoms with Crippen LogP contribution in [0.3, 0.4) is 0 Å². The van der Waals surface area contributed by atoms with Gasteiger partial charge in [-0.15, -0.1) is 0 Å². The normalized spacial score (nSPS) is 10.4. The van der Waals surface area contributed by atoms with Crippen LogP contribution < -0.4 is 0 Å². The molecule has 0 aromatic heterocycles. The zero-order valence-electron chi connectivity index (χ0n) is 9.99. The van der Waals surface area contributed by atoms with Crippen molar-refractivity contribution in [1.29, 1.82) is 0 Å². The van der Waals surface area contributed by atoms with Crippen molar-refractivity contribution in [3.63, 3.8) is 0 Å². The quantitative estimate of drug-likeness (QED) is 0.501. The molecule has 0 aliphatic carbocycles. The molecule has 0 amide bonds. The number of allylic oxidation sites excluding steroid dienone is 1. The zero-order valence-corrected chi connectivity index (χ0v) is 9.99. The highest BCUT2D eigenvalue weighted by atomic mass is 16.2. The molecular formula is C12H16O4. The summed E-state index contributed by atoms with van der Waals surface area (Å²) in [5, 5.41) is 0. The minimum Gasteiger partial charge on any atom is -0.299 e. The van der Waals surface area contributed by atoms with E-state index in [1.54, 1.807) is 0 Å². The van der Waals surface area contributed by atoms with E-state index >= 15 is 0 Å². The Morgan fingerprint density at radius 1 is 0.688 bits per heavy atom. The van der Waals surface area contributed by atoms with E-state index in [0.29, 0.717) is 0 Å². The topological polar surface area (TPSA) is 68.3 Å². The average Bonchev–Trinajstić information content (AvgIpc) is 1.99. The van der Waals surface area contributed by atoms with E-state index < -0.39 is 35.0 Å². The lowest BCUT2D eigenvalue weighted by Crippen LogP contribution is -2.31. The second-order valence-electron chi connectivity index (χ2n) is 3.88. The van der Waals surface area contributed by atoms with E-state index in [1.807, 2.05) is 0 Å². The lowest BCUT2D eigenvalue weighted by atomic mass is 9.81. The highest BCUT2D eigenvalue weighted by Gasteiger charge is 2.32. The number of hydrogen-bond acceptors (Lipinski definition) is 4. The molecule has 16 heavy (non-hydrogen) atoms. The first-order chi connectivity index (χ1) is 7.20. The maximum atomic E-state index is 11.3. The summed E-state index contributed by atoms with van der Waals surface area (Å²) in [6.07, 6.45) is 0. The van der Waals surface area contributed by atoms with Crippen molar-refractivity contribution in [3.8, 4) is 0 Å². The first kappa shape index (κ1) is 14.4. The Balaban J connectivity index is 5.28. The Labute approximate surface area is 94.7 Å². The Bertz CT molecular complexity index is 303. The Hall–Kier alpha value is -1.58. The summed E-state index contributed by atoms with van der Waals surface area (Å²) in [6.45, 7) is 8.54. The Morgan fingerprint density at radius 2 is 0.875 bits per heavy atom. The molecule has 0 fully saturated rings. The number of Topliss-reactive ketones (excluding diaryl/α,β-unsaturated/α-hetero) is 4. The third-order valence-corrected chi connectivity index (χ3v) is 2.37. The highest BCUT2D eigenvalue weighted by molar-refractivity contribution is 6.09. The van der Waals surface area contributed by atoms with E-state index in [1.165, 1.54) is 27.7 Å². The molecule has 4 heteroatoms. The molecule has 0 saturated carbocycles. The van der Waals surface area contributed by atoms with Crippen LogP contribution in [-0.2, 0) is 19.2 Å². The number of carbonyl (C=O) groups excluding carboxylic acids is 4. The van der Waals surface area contributed by atoms with Gasteiger partial charge in [0, 0.05) is 0 Å². The van der Waals surface area contributed by atoms with Crippen molar-refractivity contribution in [2.75, 3.05) is 0 Å². The van der Waals surface area contributed by atoms with Crippen LogP contribution in [0.4, 0.5) is 0 Å². The Morgan fingerprint density at radius 3 is 1.00 bits per heavy atom. The summed E-state index contributed by atoms with van der Waals surface area (Å²) in [7, 11) is 0. The van der Waals surface area contributed by atoms with Gasteiger partial charge in [0.25, 0.3) is 0 Å². The fourth-order valence-corrected chi connectivity index (χ4v) is 1.78. The number of ketones is 4. The lowest BCUT2D eigenvalue weighted by molar-refractivity contribution is -0.130. The van der Waals surface area contributed by atoms with Gasteiger partial charge in [0.05, 0.1) is 11.8 Å². The number of rotatable bonds is 6. The largest absolute Gasteiger partial charge is 0.299 e. The molecule has 0 heterocycles. The average molecular weight is 224 g/mol. The molecular weight excluding hydrogens is 208 g/mol. The van der Waals surface area contributed by atoms with E-state index in [0.717, 1.165) is 0 Å². The van der Waals surface area contributed by atoms with Crippen molar-refractivity contribution in [3.05, 3.63) is 12.2 Å². The molecule has 0 bridgehead atoms. The van der Waals surface area contributed by atoms with Crippen LogP contribution in [-0.4, -0.2) is 23.1 Å². The minimum atomic E-state index is -1.06. The fourth-order valence-electron chi connectivity index (χ4n) is 1.78. The molecule has 0 saturated heterocycles. The molecule has 4 nitrogen and oxygen atoms in total. The zero-order chi connectivity index (χ0) is 13.0. The summed E-state index contributed by atoms with van der Waals surface area (Å²) < 4.78 is 0. The van der Waals surface area contributed by atoms with Crippen LogP contribution in [0.25, 0.3) is 0 Å². The van der Waals surface area contributed by atoms with Crippen LogP contribution in [0.5, 0.6) is 0 Å². The molecule has 0 aliphatic heterocycles. The van der Waals surface area contributed by atoms with Crippen LogP contribution in [0.2, 0.25) is 0 Å². The van der Waals surface area contributed by atoms with Crippen molar-refractivity contribution in [2.45, 2.75) is 27.7 Å². The predicted molar refractivity (Wildman–Crippen MR) is 58.8 cm³/mol. The molecule has 0 N–H and O–H groups in total. The number of hydrogen-bond donors (Lipinski definition) is 0. The monoisotopic (exact) mass is 224 g/mol. The van der Waals surface area contributed by atoms with Gasteiger partial charge in [0.15, 0.2) is 0 Å². The molecule has 0 atom stereocenters. The maximum absolute atomic E-state index is 11.3. The second kappa shape index (κ2) is 5.49. The summed E-state index contributed by atoms with van der Waals surface area (Å²) in [5.74, 6) is -3.71. The minimum absolute atomic E-state index is 0.0833. The highest BCUT2D eigenvalue weighted by Crippen LogP contribution is 2.22. The van der Waals surface area contributed by atoms with Crippen LogP contribution in [0.1, 0.15) is 27.7 Å². The molecule has 0 spiro atoms. The lowest BCUT2D eigenvalue weighted by Gasteiger charge is -2.19. The van der Waals surface area contributed by atoms with Gasteiger partial charge in [-0.25, -0.2) is 0 Å². The molecule has 0 aromatic rings. The van der Waals surface area contributed by atoms with Gasteiger partial charge in [0.2, 0.25) is 0 Å². The Kier molecular flexibility index (Phi) is 4.95. The second-order valence-corrected chi connectivity index (χ2v) is 3.88. The standard InChI is InChI=1S/C12H16O4/c1-6(11(7(2)13)8(3)14)12(9(4)15)10(5)16/h11-12H,1H2,2-5H3. The molecule has 0 radical (unpaired) electrons. The molecule has 0 unspecified atom stereocenters. The van der Waals surface area contributed by atoms with Crippen molar-refractivity contribution in [2.24, 2.45) is 11.8 Å². The van der Waals surface area contributed by atoms with Crippen molar-refractivity contribution < 1.29 is 19.2 Å². The van der Waals surface area contributed by atoms with E-state index in [-0.39, 0.29) is 5.57 Å². The van der Waals surface area contributed by atoms with E-state index in [9.17, 15) is 19.2 Å². The van der Waals surface area contributed by atoms with Crippen LogP contribution in [0.15, 0.2) is 12.2 Å². The van der Waals surface area contributed by atoms with Gasteiger partial charge >= 0.3 is 0 Å². The molecule has 0 aliphatic rings. The SMILES string of the molecule is C=C(C(C(C)=O)C(C)=O)C(C(C)=O)C(C)=O. The van der Waals surface area contributed by atoms with Gasteiger partial charge in [-0.2, -0.15) is 0 Å². The third-order valence-electron chi connectivity index (χ3n) is 2.37. The summed E-state index contributed by atoms with van der Waals surface area (Å²) in [5.41, 5.74) is 0.0833. The summed E-state index contributed by atoms with van der Waals surface area (Å²) in [4.78, 5) is 45.1. The third kappa shape index (κ3) is 3.22. The molecule has 0 rings (SSSR count). The molecule has 88 valence electrons. The van der Waals surface area contributed by atoms with E-state index in [2.05, 4.69) is 6.58 Å². The van der Waals surface area contributed by atoms with Gasteiger partial charge in [-0.1, -0.05) is 6.58 Å². The van der Waals surface area contributed by atoms with Crippen molar-refractivity contribution in [1.82, 2.24) is 0 Å². The summed E-state index contributed by atoms with van der Waals surface area (Å²) in [6, 6.07) is 0. The first-order valence-electron chi connectivity index (χ1n) is 4.90.